The van der Waals surface area contributed by atoms with Crippen LogP contribution in [-0.4, -0.2) is 73.5 Å². The predicted octanol–water partition coefficient (Wildman–Crippen LogP) is 5.53. The molecule has 2 atom stereocenters. The van der Waals surface area contributed by atoms with Crippen LogP contribution in [0.2, 0.25) is 0 Å². The maximum atomic E-state index is 12.8. The van der Waals surface area contributed by atoms with Gasteiger partial charge in [0.25, 0.3) is 0 Å². The number of aromatic nitrogens is 1. The first-order valence-corrected chi connectivity index (χ1v) is 14.7. The third kappa shape index (κ3) is 8.77. The van der Waals surface area contributed by atoms with E-state index >= 15 is 0 Å². The molecule has 2 aromatic rings. The number of methoxy groups -OCH3 is 1. The fourth-order valence-electron chi connectivity index (χ4n) is 5.48. The van der Waals surface area contributed by atoms with Gasteiger partial charge in [0, 0.05) is 24.7 Å². The van der Waals surface area contributed by atoms with E-state index in [0.717, 1.165) is 80.8 Å². The second-order valence-corrected chi connectivity index (χ2v) is 11.9. The van der Waals surface area contributed by atoms with Gasteiger partial charge in [0.05, 0.1) is 26.2 Å². The number of likely N-dealkylation sites (tertiary alicyclic amines) is 1. The van der Waals surface area contributed by atoms with Crippen LogP contribution in [0.15, 0.2) is 42.5 Å². The van der Waals surface area contributed by atoms with Crippen LogP contribution < -0.4 is 4.90 Å². The fourth-order valence-corrected chi connectivity index (χ4v) is 5.48. The van der Waals surface area contributed by atoms with E-state index in [2.05, 4.69) is 17.0 Å². The first-order chi connectivity index (χ1) is 19.2. The Bertz CT molecular complexity index is 1120. The molecule has 1 unspecified atom stereocenters. The molecular formula is C32H45N3O5. The summed E-state index contributed by atoms with van der Waals surface area (Å²) in [5, 5.41) is 0. The van der Waals surface area contributed by atoms with Crippen LogP contribution in [0.25, 0.3) is 0 Å². The maximum absolute atomic E-state index is 12.8. The minimum absolute atomic E-state index is 0.0145. The lowest BCUT2D eigenvalue weighted by molar-refractivity contribution is -0.141. The van der Waals surface area contributed by atoms with E-state index in [9.17, 15) is 9.59 Å². The number of rotatable bonds is 10. The van der Waals surface area contributed by atoms with E-state index < -0.39 is 5.60 Å². The van der Waals surface area contributed by atoms with Crippen molar-refractivity contribution in [3.05, 3.63) is 59.3 Å². The number of fused-ring (bicyclic) bond motifs is 1. The average molecular weight is 552 g/mol. The Labute approximate surface area is 239 Å². The Balaban J connectivity index is 1.28. The number of esters is 1. The van der Waals surface area contributed by atoms with Gasteiger partial charge in [-0.05, 0) is 89.6 Å². The molecule has 0 N–H and O–H groups in total. The molecule has 218 valence electrons. The molecule has 1 aromatic carbocycles. The number of amides is 1. The van der Waals surface area contributed by atoms with Crippen LogP contribution in [0.1, 0.15) is 75.6 Å². The number of hydrogen-bond acceptors (Lipinski definition) is 7. The third-order valence-corrected chi connectivity index (χ3v) is 7.53. The average Bonchev–Trinajstić information content (AvgIpc) is 2.94. The Morgan fingerprint density at radius 3 is 2.62 bits per heavy atom. The lowest BCUT2D eigenvalue weighted by Gasteiger charge is -2.33. The molecule has 0 aliphatic carbocycles. The van der Waals surface area contributed by atoms with E-state index in [1.165, 1.54) is 7.11 Å². The van der Waals surface area contributed by atoms with E-state index in [-0.39, 0.29) is 24.1 Å². The summed E-state index contributed by atoms with van der Waals surface area (Å²) in [6.45, 7) is 9.74. The minimum atomic E-state index is -0.536. The monoisotopic (exact) mass is 551 g/mol. The standard InChI is InChI=1S/C32H45N3O5/c1-32(2,3)40-31(37)35-20-8-13-25-16-17-27(33-30(25)35)14-9-18-34-19-10-15-28(22-34)39-23-26(21-29(36)38-4)24-11-6-5-7-12-24/h5-7,11-12,16-17,26,28H,8-10,13-15,18-23H2,1-4H3/t26?,28-/m1/s1. The number of benzene rings is 1. The quantitative estimate of drug-likeness (QED) is 0.359. The summed E-state index contributed by atoms with van der Waals surface area (Å²) in [7, 11) is 1.43. The summed E-state index contributed by atoms with van der Waals surface area (Å²) >= 11 is 0. The fraction of sp³-hybridized carbons (Fsp3) is 0.594. The van der Waals surface area contributed by atoms with Gasteiger partial charge in [-0.1, -0.05) is 36.4 Å². The summed E-state index contributed by atoms with van der Waals surface area (Å²) in [6, 6.07) is 14.3. The van der Waals surface area contributed by atoms with E-state index in [0.29, 0.717) is 19.6 Å². The van der Waals surface area contributed by atoms with Crippen molar-refractivity contribution in [3.8, 4) is 0 Å². The summed E-state index contributed by atoms with van der Waals surface area (Å²) < 4.78 is 16.9. The molecule has 1 amide bonds. The van der Waals surface area contributed by atoms with Gasteiger partial charge in [-0.25, -0.2) is 9.78 Å². The van der Waals surface area contributed by atoms with Crippen molar-refractivity contribution < 1.29 is 23.8 Å². The zero-order chi connectivity index (χ0) is 28.5. The molecule has 2 aliphatic heterocycles. The first kappa shape index (κ1) is 30.0. The molecule has 1 saturated heterocycles. The number of hydrogen-bond donors (Lipinski definition) is 0. The Kier molecular flexibility index (Phi) is 10.6. The molecule has 8 nitrogen and oxygen atoms in total. The maximum Gasteiger partial charge on any atom is 0.416 e. The highest BCUT2D eigenvalue weighted by atomic mass is 16.6. The van der Waals surface area contributed by atoms with Crippen LogP contribution in [-0.2, 0) is 31.8 Å². The molecule has 40 heavy (non-hydrogen) atoms. The number of carbonyl (C=O) groups excluding carboxylic acids is 2. The number of carbonyl (C=O) groups is 2. The number of anilines is 1. The van der Waals surface area contributed by atoms with Crippen molar-refractivity contribution in [3.63, 3.8) is 0 Å². The van der Waals surface area contributed by atoms with Crippen molar-refractivity contribution in [2.45, 2.75) is 83.3 Å². The van der Waals surface area contributed by atoms with Crippen molar-refractivity contribution in [1.82, 2.24) is 9.88 Å². The third-order valence-electron chi connectivity index (χ3n) is 7.53. The number of aryl methyl sites for hydroxylation is 2. The van der Waals surface area contributed by atoms with Gasteiger partial charge in [0.2, 0.25) is 0 Å². The highest BCUT2D eigenvalue weighted by Gasteiger charge is 2.29. The van der Waals surface area contributed by atoms with Crippen LogP contribution in [0.4, 0.5) is 10.6 Å². The predicted molar refractivity (Wildman–Crippen MR) is 156 cm³/mol. The molecule has 4 rings (SSSR count). The molecule has 1 fully saturated rings. The van der Waals surface area contributed by atoms with Gasteiger partial charge in [-0.3, -0.25) is 9.69 Å². The second kappa shape index (κ2) is 14.1. The number of ether oxygens (including phenoxy) is 3. The summed E-state index contributed by atoms with van der Waals surface area (Å²) in [4.78, 5) is 33.9. The summed E-state index contributed by atoms with van der Waals surface area (Å²) in [6.07, 6.45) is 5.97. The Morgan fingerprint density at radius 1 is 1.07 bits per heavy atom. The largest absolute Gasteiger partial charge is 0.469 e. The molecule has 8 heteroatoms. The minimum Gasteiger partial charge on any atom is -0.469 e. The van der Waals surface area contributed by atoms with Gasteiger partial charge in [0.15, 0.2) is 0 Å². The van der Waals surface area contributed by atoms with Crippen LogP contribution in [0.3, 0.4) is 0 Å². The molecule has 0 spiro atoms. The number of pyridine rings is 1. The van der Waals surface area contributed by atoms with Crippen LogP contribution in [0.5, 0.6) is 0 Å². The lowest BCUT2D eigenvalue weighted by atomic mass is 9.96. The van der Waals surface area contributed by atoms with Gasteiger partial charge in [0.1, 0.15) is 11.4 Å². The Morgan fingerprint density at radius 2 is 1.88 bits per heavy atom. The highest BCUT2D eigenvalue weighted by molar-refractivity contribution is 5.88. The van der Waals surface area contributed by atoms with E-state index in [1.54, 1.807) is 4.90 Å². The number of piperidine rings is 1. The molecule has 0 bridgehead atoms. The molecular weight excluding hydrogens is 506 g/mol. The summed E-state index contributed by atoms with van der Waals surface area (Å²) in [5.41, 5.74) is 2.68. The van der Waals surface area contributed by atoms with Crippen molar-refractivity contribution in [2.75, 3.05) is 44.8 Å². The second-order valence-electron chi connectivity index (χ2n) is 11.9. The highest BCUT2D eigenvalue weighted by Crippen LogP contribution is 2.28. The number of nitrogens with zero attached hydrogens (tertiary/aromatic N) is 3. The van der Waals surface area contributed by atoms with Crippen LogP contribution in [0, 0.1) is 0 Å². The topological polar surface area (TPSA) is 81.2 Å². The molecule has 0 saturated carbocycles. The van der Waals surface area contributed by atoms with Gasteiger partial charge < -0.3 is 19.1 Å². The van der Waals surface area contributed by atoms with Crippen molar-refractivity contribution >= 4 is 17.9 Å². The summed E-state index contributed by atoms with van der Waals surface area (Å²) in [5.74, 6) is 0.524. The lowest BCUT2D eigenvalue weighted by Crippen LogP contribution is -2.41. The van der Waals surface area contributed by atoms with Crippen molar-refractivity contribution in [2.24, 2.45) is 0 Å². The van der Waals surface area contributed by atoms with Gasteiger partial charge in [-0.2, -0.15) is 0 Å². The smallest absolute Gasteiger partial charge is 0.416 e. The molecule has 1 aromatic heterocycles. The van der Waals surface area contributed by atoms with Gasteiger partial charge in [-0.15, -0.1) is 0 Å². The first-order valence-electron chi connectivity index (χ1n) is 14.7. The van der Waals surface area contributed by atoms with E-state index in [1.807, 2.05) is 51.1 Å². The van der Waals surface area contributed by atoms with Crippen molar-refractivity contribution in [1.29, 1.82) is 0 Å². The zero-order valence-corrected chi connectivity index (χ0v) is 24.6. The molecule has 3 heterocycles. The van der Waals surface area contributed by atoms with Gasteiger partial charge >= 0.3 is 12.1 Å². The SMILES string of the molecule is COC(=O)CC(CO[C@@H]1CCCN(CCCc2ccc3c(n2)N(C(=O)OC(C)(C)C)CCC3)C1)c1ccccc1. The van der Waals surface area contributed by atoms with E-state index in [4.69, 9.17) is 19.2 Å². The Hall–Kier alpha value is -2.97. The molecule has 0 radical (unpaired) electrons. The zero-order valence-electron chi connectivity index (χ0n) is 24.6. The van der Waals surface area contributed by atoms with Crippen LogP contribution >= 0.6 is 0 Å². The normalized spacial score (nSPS) is 18.6. The molecule has 2 aliphatic rings.